The van der Waals surface area contributed by atoms with Crippen molar-refractivity contribution in [2.24, 2.45) is 40.4 Å². The number of aliphatic hydroxyl groups excluding tert-OH is 1. The predicted octanol–water partition coefficient (Wildman–Crippen LogP) is 6.24. The van der Waals surface area contributed by atoms with Gasteiger partial charge in [-0.05, 0) is 66.6 Å². The van der Waals surface area contributed by atoms with E-state index < -0.39 is 0 Å². The van der Waals surface area contributed by atoms with Crippen molar-refractivity contribution in [3.63, 3.8) is 0 Å². The van der Waals surface area contributed by atoms with Gasteiger partial charge in [0.05, 0.1) is 6.10 Å². The van der Waals surface area contributed by atoms with E-state index in [4.69, 9.17) is 0 Å². The van der Waals surface area contributed by atoms with Crippen LogP contribution in [0.5, 0.6) is 0 Å². The van der Waals surface area contributed by atoms with Crippen molar-refractivity contribution >= 4 is 0 Å². The van der Waals surface area contributed by atoms with Gasteiger partial charge in [-0.2, -0.15) is 0 Å². The molecule has 1 N–H and O–H groups in total. The van der Waals surface area contributed by atoms with E-state index in [0.29, 0.717) is 23.2 Å². The predicted molar refractivity (Wildman–Crippen MR) is 105 cm³/mol. The molecular weight excluding hydrogens is 292 g/mol. The number of fused-ring (bicyclic) bond motifs is 1. The zero-order chi connectivity index (χ0) is 18.3. The van der Waals surface area contributed by atoms with Crippen LogP contribution in [0.1, 0.15) is 74.1 Å². The summed E-state index contributed by atoms with van der Waals surface area (Å²) in [6, 6.07) is 0. The van der Waals surface area contributed by atoms with Gasteiger partial charge in [0.15, 0.2) is 0 Å². The molecule has 0 saturated heterocycles. The molecule has 7 atom stereocenters. The lowest BCUT2D eigenvalue weighted by Gasteiger charge is -2.55. The van der Waals surface area contributed by atoms with Crippen LogP contribution in [0, 0.1) is 40.4 Å². The molecule has 2 rings (SSSR count). The van der Waals surface area contributed by atoms with E-state index in [0.717, 1.165) is 23.8 Å². The van der Waals surface area contributed by atoms with E-state index in [9.17, 15) is 5.11 Å². The Morgan fingerprint density at radius 1 is 1.38 bits per heavy atom. The molecule has 2 saturated carbocycles. The molecule has 0 bridgehead atoms. The van der Waals surface area contributed by atoms with Gasteiger partial charge in [-0.15, -0.1) is 0 Å². The molecule has 0 aliphatic heterocycles. The monoisotopic (exact) mass is 332 g/mol. The number of hydrogen-bond donors (Lipinski definition) is 1. The van der Waals surface area contributed by atoms with Gasteiger partial charge in [0.2, 0.25) is 0 Å². The van der Waals surface area contributed by atoms with Crippen molar-refractivity contribution in [1.29, 1.82) is 0 Å². The first kappa shape index (κ1) is 19.8. The maximum Gasteiger partial charge on any atom is 0.0584 e. The lowest BCUT2D eigenvalue weighted by Crippen LogP contribution is -2.53. The molecule has 0 aromatic heterocycles. The molecule has 24 heavy (non-hydrogen) atoms. The summed E-state index contributed by atoms with van der Waals surface area (Å²) in [5.41, 5.74) is 1.46. The van der Waals surface area contributed by atoms with Gasteiger partial charge in [-0.1, -0.05) is 72.3 Å². The smallest absolute Gasteiger partial charge is 0.0584 e. The van der Waals surface area contributed by atoms with E-state index in [1.807, 2.05) is 0 Å². The van der Waals surface area contributed by atoms with Crippen molar-refractivity contribution in [2.75, 3.05) is 0 Å². The summed E-state index contributed by atoms with van der Waals surface area (Å²) in [5.74, 6) is 3.04. The summed E-state index contributed by atoms with van der Waals surface area (Å²) in [4.78, 5) is 0. The Balaban J connectivity index is 2.44. The summed E-state index contributed by atoms with van der Waals surface area (Å²) in [5, 5.41) is 11.3. The summed E-state index contributed by atoms with van der Waals surface area (Å²) in [6.07, 6.45) is 9.13. The second kappa shape index (κ2) is 6.98. The summed E-state index contributed by atoms with van der Waals surface area (Å²) in [7, 11) is 0. The molecular formula is C23H40O. The van der Waals surface area contributed by atoms with Crippen LogP contribution < -0.4 is 0 Å². The van der Waals surface area contributed by atoms with Crippen molar-refractivity contribution in [3.8, 4) is 0 Å². The maximum absolute atomic E-state index is 11.3. The maximum atomic E-state index is 11.3. The summed E-state index contributed by atoms with van der Waals surface area (Å²) < 4.78 is 0. The molecule has 0 aromatic carbocycles. The molecule has 2 aliphatic rings. The average Bonchev–Trinajstić information content (AvgIpc) is 2.76. The molecule has 138 valence electrons. The largest absolute Gasteiger partial charge is 0.393 e. The normalized spacial score (nSPS) is 42.3. The van der Waals surface area contributed by atoms with Crippen molar-refractivity contribution in [1.82, 2.24) is 0 Å². The molecule has 0 radical (unpaired) electrons. The third-order valence-corrected chi connectivity index (χ3v) is 7.59. The highest BCUT2D eigenvalue weighted by Crippen LogP contribution is 2.62. The van der Waals surface area contributed by atoms with E-state index >= 15 is 0 Å². The van der Waals surface area contributed by atoms with E-state index in [1.54, 1.807) is 0 Å². The van der Waals surface area contributed by atoms with Gasteiger partial charge in [-0.3, -0.25) is 0 Å². The highest BCUT2D eigenvalue weighted by atomic mass is 16.3. The first-order valence-electron chi connectivity index (χ1n) is 10.1. The molecule has 6 unspecified atom stereocenters. The first-order valence-corrected chi connectivity index (χ1v) is 10.1. The Bertz CT molecular complexity index is 490. The Hall–Kier alpha value is -0.560. The quantitative estimate of drug-likeness (QED) is 0.591. The van der Waals surface area contributed by atoms with E-state index in [2.05, 4.69) is 67.2 Å². The second-order valence-corrected chi connectivity index (χ2v) is 9.88. The van der Waals surface area contributed by atoms with Crippen LogP contribution in [0.4, 0.5) is 0 Å². The molecule has 1 heteroatoms. The van der Waals surface area contributed by atoms with Crippen molar-refractivity contribution in [3.05, 3.63) is 24.3 Å². The number of hydrogen-bond acceptors (Lipinski definition) is 1. The minimum Gasteiger partial charge on any atom is -0.393 e. The fourth-order valence-electron chi connectivity index (χ4n) is 6.24. The van der Waals surface area contributed by atoms with Crippen LogP contribution in [-0.2, 0) is 0 Å². The molecule has 0 aromatic rings. The van der Waals surface area contributed by atoms with E-state index in [1.165, 1.54) is 19.3 Å². The van der Waals surface area contributed by atoms with Crippen LogP contribution in [0.25, 0.3) is 0 Å². The summed E-state index contributed by atoms with van der Waals surface area (Å²) >= 11 is 0. The minimum absolute atomic E-state index is 0.0200. The van der Waals surface area contributed by atoms with Gasteiger partial charge < -0.3 is 5.11 Å². The van der Waals surface area contributed by atoms with Crippen LogP contribution in [0.2, 0.25) is 0 Å². The minimum atomic E-state index is -0.191. The molecule has 1 nitrogen and oxygen atoms in total. The van der Waals surface area contributed by atoms with Gasteiger partial charge in [0.1, 0.15) is 0 Å². The van der Waals surface area contributed by atoms with Crippen LogP contribution >= 0.6 is 0 Å². The highest BCUT2D eigenvalue weighted by Gasteiger charge is 2.57. The average molecular weight is 333 g/mol. The Morgan fingerprint density at radius 3 is 2.50 bits per heavy atom. The van der Waals surface area contributed by atoms with Gasteiger partial charge in [-0.25, -0.2) is 0 Å². The SMILES string of the molecule is C=C(C)/C=C\C(C)(C(C)C)C1C(O)CC2(C)C[C@H](C)CC2C1CC. The number of aliphatic hydroxyl groups is 1. The zero-order valence-corrected chi connectivity index (χ0v) is 17.1. The molecule has 2 aliphatic carbocycles. The van der Waals surface area contributed by atoms with Gasteiger partial charge >= 0.3 is 0 Å². The number of allylic oxidation sites excluding steroid dienone is 3. The zero-order valence-electron chi connectivity index (χ0n) is 17.1. The summed E-state index contributed by atoms with van der Waals surface area (Å²) in [6.45, 7) is 20.3. The van der Waals surface area contributed by atoms with Gasteiger partial charge in [0.25, 0.3) is 0 Å². The fourth-order valence-corrected chi connectivity index (χ4v) is 6.24. The highest BCUT2D eigenvalue weighted by molar-refractivity contribution is 5.18. The Morgan fingerprint density at radius 2 is 2.00 bits per heavy atom. The molecule has 0 heterocycles. The third-order valence-electron chi connectivity index (χ3n) is 7.59. The molecule has 0 amide bonds. The Labute approximate surface area is 150 Å². The van der Waals surface area contributed by atoms with Crippen LogP contribution in [-0.4, -0.2) is 11.2 Å². The van der Waals surface area contributed by atoms with E-state index in [-0.39, 0.29) is 11.5 Å². The van der Waals surface area contributed by atoms with Crippen LogP contribution in [0.3, 0.4) is 0 Å². The van der Waals surface area contributed by atoms with Crippen LogP contribution in [0.15, 0.2) is 24.3 Å². The third kappa shape index (κ3) is 3.39. The lowest BCUT2D eigenvalue weighted by molar-refractivity contribution is -0.109. The topological polar surface area (TPSA) is 20.2 Å². The molecule has 2 fully saturated rings. The fraction of sp³-hybridized carbons (Fsp3) is 0.826. The first-order chi connectivity index (χ1) is 11.0. The van der Waals surface area contributed by atoms with Crippen molar-refractivity contribution < 1.29 is 5.11 Å². The molecule has 0 spiro atoms. The Kier molecular flexibility index (Phi) is 5.75. The lowest BCUT2D eigenvalue weighted by atomic mass is 9.51. The second-order valence-electron chi connectivity index (χ2n) is 9.88. The van der Waals surface area contributed by atoms with Gasteiger partial charge in [0, 0.05) is 0 Å². The standard InChI is InChI=1S/C23H40O/c1-9-18-19-12-17(6)13-22(19,7)14-20(24)21(18)23(8,16(4)5)11-10-15(2)3/h10-11,16-21,24H,2,9,12-14H2,1,3-8H3/b11-10-/t17-,18?,19?,20?,21?,22?,23?/m1/s1. The van der Waals surface area contributed by atoms with Crippen molar-refractivity contribution in [2.45, 2.75) is 80.3 Å². The number of rotatable bonds is 5.